The lowest BCUT2D eigenvalue weighted by molar-refractivity contribution is -0.212. The Morgan fingerprint density at radius 1 is 0.869 bits per heavy atom. The van der Waals surface area contributed by atoms with Crippen molar-refractivity contribution in [3.05, 3.63) is 112 Å². The van der Waals surface area contributed by atoms with Gasteiger partial charge in [-0.3, -0.25) is 23.2 Å². The van der Waals surface area contributed by atoms with Gasteiger partial charge in [0.15, 0.2) is 22.5 Å². The number of likely N-dealkylation sites (N-methyl/N-ethyl adjacent to an activating group) is 2. The Hall–Kier alpha value is -5.97. The molecule has 2 amide bonds. The minimum atomic E-state index is -5.82. The van der Waals surface area contributed by atoms with Gasteiger partial charge in [-0.2, -0.15) is 4.31 Å². The summed E-state index contributed by atoms with van der Waals surface area (Å²) in [4.78, 5) is 83.5. The molecule has 0 radical (unpaired) electrons. The van der Waals surface area contributed by atoms with Crippen LogP contribution in [0, 0.1) is 0 Å². The number of unbranched alkanes of at least 4 members (excludes halogenated alkanes) is 3. The summed E-state index contributed by atoms with van der Waals surface area (Å²) in [5.41, 5.74) is 9.32. The number of hydrogen-bond donors (Lipinski definition) is 6. The van der Waals surface area contributed by atoms with Crippen LogP contribution in [0.25, 0.3) is 27.9 Å². The number of aromatic nitrogens is 4. The van der Waals surface area contributed by atoms with Crippen molar-refractivity contribution in [2.75, 3.05) is 56.6 Å². The van der Waals surface area contributed by atoms with E-state index in [1.54, 1.807) is 11.9 Å². The third kappa shape index (κ3) is 13.7. The van der Waals surface area contributed by atoms with E-state index >= 15 is 0 Å². The minimum absolute atomic E-state index is 0.0407. The Morgan fingerprint density at radius 2 is 1.60 bits per heavy atom. The van der Waals surface area contributed by atoms with Crippen LogP contribution in [-0.4, -0.2) is 126 Å². The molecule has 3 aromatic carbocycles. The van der Waals surface area contributed by atoms with Gasteiger partial charge in [-0.05, 0) is 102 Å². The van der Waals surface area contributed by atoms with Crippen LogP contribution >= 0.6 is 23.5 Å². The maximum Gasteiger partial charge on any atom is 0.487 e. The zero-order chi connectivity index (χ0) is 60.7. The number of aliphatic hydroxyl groups excluding tert-OH is 1. The van der Waals surface area contributed by atoms with Gasteiger partial charge in [-0.1, -0.05) is 37.1 Å². The molecule has 27 heteroatoms. The second-order valence-corrected chi connectivity index (χ2v) is 26.9. The molecule has 24 nitrogen and oxygen atoms in total. The molecule has 3 unspecified atom stereocenters. The van der Waals surface area contributed by atoms with Gasteiger partial charge < -0.3 is 54.6 Å². The van der Waals surface area contributed by atoms with E-state index in [-0.39, 0.29) is 35.7 Å². The largest absolute Gasteiger partial charge is 0.756 e. The number of carbonyl (C=O) groups excluding carboxylic acids is 2. The fraction of sp³-hybridized carbons (Fsp3) is 0.474. The highest BCUT2D eigenvalue weighted by Crippen LogP contribution is 2.65. The first-order valence-corrected chi connectivity index (χ1v) is 32.6. The molecule has 1 saturated heterocycles. The molecule has 5 aromatic rings. The minimum Gasteiger partial charge on any atom is -0.756 e. The van der Waals surface area contributed by atoms with Crippen molar-refractivity contribution < 1.29 is 70.6 Å². The third-order valence-corrected chi connectivity index (χ3v) is 19.4. The van der Waals surface area contributed by atoms with Crippen LogP contribution in [0.2, 0.25) is 0 Å². The van der Waals surface area contributed by atoms with E-state index in [1.807, 2.05) is 24.3 Å². The number of nitrogens with zero attached hydrogens (tertiary/aromatic N) is 7. The highest BCUT2D eigenvalue weighted by molar-refractivity contribution is 7.66. The van der Waals surface area contributed by atoms with Crippen molar-refractivity contribution in [1.29, 1.82) is 0 Å². The Bertz CT molecular complexity index is 3730. The molecule has 9 rings (SSSR count). The monoisotopic (exact) mass is 1220 g/mol. The number of fused-ring (bicyclic) bond motifs is 5. The van der Waals surface area contributed by atoms with Crippen LogP contribution in [0.4, 0.5) is 11.5 Å². The quantitative estimate of drug-likeness (QED) is 0.0204. The molecule has 6 atom stereocenters. The van der Waals surface area contributed by atoms with Crippen molar-refractivity contribution >= 4 is 74.7 Å². The number of nitrogens with one attached hydrogen (secondary N) is 2. The number of ether oxygens (including phenoxy) is 2. The number of benzene rings is 3. The topological polar surface area (TPSA) is 313 Å². The molecule has 84 heavy (non-hydrogen) atoms. The first kappa shape index (κ1) is 62.6. The maximum absolute atomic E-state index is 14.7. The molecular weight excluding hydrogens is 1140 g/mol. The van der Waals surface area contributed by atoms with Gasteiger partial charge in [0.2, 0.25) is 11.3 Å². The van der Waals surface area contributed by atoms with E-state index in [9.17, 15) is 43.1 Å². The zero-order valence-electron chi connectivity index (χ0n) is 48.6. The summed E-state index contributed by atoms with van der Waals surface area (Å²) in [6, 6.07) is 16.6. The fourth-order valence-corrected chi connectivity index (χ4v) is 15.0. The lowest BCUT2D eigenvalue weighted by Crippen LogP contribution is -2.49. The van der Waals surface area contributed by atoms with Crippen LogP contribution < -0.4 is 40.3 Å². The number of rotatable bonds is 24. The molecular formula is C57H74N9O15P3. The molecule has 6 N–H and O–H groups in total. The van der Waals surface area contributed by atoms with E-state index in [2.05, 4.69) is 140 Å². The van der Waals surface area contributed by atoms with Gasteiger partial charge in [0.25, 0.3) is 13.7 Å². The maximum atomic E-state index is 14.7. The number of phosphoric acid groups is 3. The molecule has 452 valence electrons. The van der Waals surface area contributed by atoms with Crippen molar-refractivity contribution in [3.8, 4) is 11.5 Å². The molecule has 0 spiro atoms. The Kier molecular flexibility index (Phi) is 18.5. The highest BCUT2D eigenvalue weighted by Gasteiger charge is 2.42. The number of amides is 2. The van der Waals surface area contributed by atoms with E-state index in [4.69, 9.17) is 14.4 Å². The first-order valence-electron chi connectivity index (χ1n) is 28.1. The van der Waals surface area contributed by atoms with E-state index < -0.39 is 48.5 Å². The summed E-state index contributed by atoms with van der Waals surface area (Å²) < 4.78 is 63.3. The van der Waals surface area contributed by atoms with Crippen molar-refractivity contribution in [2.24, 2.45) is 0 Å². The van der Waals surface area contributed by atoms with Crippen LogP contribution in [0.15, 0.2) is 73.3 Å². The number of allylic oxidation sites excluding steroid dienone is 2. The van der Waals surface area contributed by atoms with Crippen LogP contribution in [0.5, 0.6) is 11.5 Å². The summed E-state index contributed by atoms with van der Waals surface area (Å²) in [5, 5.41) is 18.9. The number of aliphatic hydroxyl groups is 1. The lowest BCUT2D eigenvalue weighted by atomic mass is 9.83. The number of anilines is 2. The average molecular weight is 1220 g/mol. The summed E-state index contributed by atoms with van der Waals surface area (Å²) in [6.45, 7) is 19.8. The number of phosphoric ester groups is 1. The highest BCUT2D eigenvalue weighted by atomic mass is 31.3. The second-order valence-electron chi connectivity index (χ2n) is 22.6. The smallest absolute Gasteiger partial charge is 0.487 e. The standard InChI is InChI=1S/C57H74N9O15P3/c1-10-65-43-27-46-41(25-39(43)35(3)30-56(65,5)6)51(42-26-40-36(4)31-57(7,8)66(11-2)44(40)28-47(42)78-46)37-19-14-15-20-38(37)55(69)63(9)24-18-21-49(68)58-22-16-12-13-17-23-59-53-52-54(61-33-60-53)64(34-62-52)50-29-45(67)48(79-50)32-77-83(73,74)81-84(75,76)80-82(70,71)72/h14-15,19-20,25-28,30-31,33-34,45,48,50,67H,10-13,16-18,21-24,29,32H2,1-9H3,(H5-,58,59,60,61,68,70,71,72,73,74,75,76)/t45-,48+,50+/m0/s1. The van der Waals surface area contributed by atoms with E-state index in [1.165, 1.54) is 28.4 Å². The van der Waals surface area contributed by atoms with E-state index in [0.717, 1.165) is 94.4 Å². The normalized spacial score (nSPS) is 20.7. The Balaban J connectivity index is 0.771. The molecule has 6 heterocycles. The summed E-state index contributed by atoms with van der Waals surface area (Å²) in [7, 11) is -15.3. The lowest BCUT2D eigenvalue weighted by Gasteiger charge is -2.43. The molecule has 4 aliphatic heterocycles. The van der Waals surface area contributed by atoms with Gasteiger partial charge in [0.05, 0.1) is 30.6 Å². The molecule has 0 saturated carbocycles. The molecule has 4 aliphatic rings. The van der Waals surface area contributed by atoms with Crippen molar-refractivity contribution in [3.63, 3.8) is 0 Å². The number of imidazole rings is 1. The fourth-order valence-electron chi connectivity index (χ4n) is 12.0. The van der Waals surface area contributed by atoms with Gasteiger partial charge in [-0.25, -0.2) is 33.0 Å². The van der Waals surface area contributed by atoms with E-state index in [0.29, 0.717) is 48.6 Å². The second kappa shape index (κ2) is 24.8. The summed E-state index contributed by atoms with van der Waals surface area (Å²) >= 11 is 0. The first-order chi connectivity index (χ1) is 39.6. The van der Waals surface area contributed by atoms with Gasteiger partial charge >= 0.3 is 15.6 Å². The number of carbonyl (C=O) groups is 2. The van der Waals surface area contributed by atoms with Gasteiger partial charge in [-0.15, -0.1) is 0 Å². The van der Waals surface area contributed by atoms with Crippen LogP contribution in [0.1, 0.15) is 139 Å². The summed E-state index contributed by atoms with van der Waals surface area (Å²) in [5.74, 6) is 1.71. The Morgan fingerprint density at radius 3 is 2.32 bits per heavy atom. The molecule has 0 aliphatic carbocycles. The number of hydrogen-bond acceptors (Lipinski definition) is 17. The van der Waals surface area contributed by atoms with Crippen molar-refractivity contribution in [2.45, 2.75) is 130 Å². The molecule has 1 fully saturated rings. The Labute approximate surface area is 487 Å². The van der Waals surface area contributed by atoms with Gasteiger partial charge in [0, 0.05) is 105 Å². The molecule has 2 aromatic heterocycles. The average Bonchev–Trinajstić information content (AvgIpc) is 1.60. The SMILES string of the molecule is CCN1c2cc3c(cc2C(C)=CC1(C)C)C(c1ccccc1C(=O)N(C)CCCC(=O)NCCCCCCNc1ncnc2c1ncn2[C@H]1C[C@H](O)[C@@H](COP(=O)(O)OP(=O)(O)OP(=O)([O-])O)O1)=c1cc2c(cc1O3)=[N+](CC)C(C)(C)C=C2C. The van der Waals surface area contributed by atoms with Crippen molar-refractivity contribution in [1.82, 2.24) is 34.3 Å². The summed E-state index contributed by atoms with van der Waals surface area (Å²) in [6.07, 6.45) is 7.98. The predicted octanol–water partition coefficient (Wildman–Crippen LogP) is 6.91. The predicted molar refractivity (Wildman–Crippen MR) is 314 cm³/mol. The van der Waals surface area contributed by atoms with Crippen LogP contribution in [-0.2, 0) is 36.4 Å². The molecule has 0 bridgehead atoms. The zero-order valence-corrected chi connectivity index (χ0v) is 51.3. The van der Waals surface area contributed by atoms with Gasteiger partial charge in [0.1, 0.15) is 36.7 Å². The van der Waals surface area contributed by atoms with Crippen LogP contribution in [0.3, 0.4) is 0 Å². The third-order valence-electron chi connectivity index (χ3n) is 15.6.